The van der Waals surface area contributed by atoms with Crippen LogP contribution in [-0.4, -0.2) is 70.8 Å². The van der Waals surface area contributed by atoms with Gasteiger partial charge in [0.25, 0.3) is 0 Å². The van der Waals surface area contributed by atoms with Crippen LogP contribution in [0.5, 0.6) is 0 Å². The van der Waals surface area contributed by atoms with Crippen molar-refractivity contribution in [2.45, 2.75) is 69.2 Å². The third-order valence-corrected chi connectivity index (χ3v) is 7.97. The molecule has 3 rings (SSSR count). The average Bonchev–Trinajstić information content (AvgIpc) is 3.47. The molecule has 1 aromatic heterocycles. The van der Waals surface area contributed by atoms with Gasteiger partial charge >= 0.3 is 166 Å². The van der Waals surface area contributed by atoms with Crippen LogP contribution in [0.2, 0.25) is 4.71 Å². The molecular weight excluding hydrogens is 549 g/mol. The number of amides is 2. The minimum Gasteiger partial charge on any atom is -0.460 e. The maximum absolute atomic E-state index is 12.5. The number of carbonyl (C=O) groups is 3. The van der Waals surface area contributed by atoms with E-state index >= 15 is 0 Å². The van der Waals surface area contributed by atoms with Crippen molar-refractivity contribution in [1.82, 2.24) is 16.0 Å². The number of nitrogens with two attached hydrogens (primary N) is 1. The molecule has 0 saturated heterocycles. The van der Waals surface area contributed by atoms with Gasteiger partial charge in [-0.2, -0.15) is 0 Å². The second-order valence-corrected chi connectivity index (χ2v) is 11.3. The zero-order chi connectivity index (χ0) is 27.8. The number of rotatable bonds is 14. The molecule has 4 unspecified atom stereocenters. The summed E-state index contributed by atoms with van der Waals surface area (Å²) < 4.78 is 5.82. The number of unbranched alkanes of at least 4 members (excludes halogenated alkanes) is 1. The van der Waals surface area contributed by atoms with Crippen molar-refractivity contribution < 1.29 is 23.9 Å². The normalized spacial score (nSPS) is 16.6. The van der Waals surface area contributed by atoms with E-state index in [-0.39, 0.29) is 41.2 Å². The summed E-state index contributed by atoms with van der Waals surface area (Å²) in [6.45, 7) is 5.01. The van der Waals surface area contributed by atoms with Crippen LogP contribution in [0.3, 0.4) is 0 Å². The number of nitrogens with one attached hydrogen (secondary N) is 4. The molecule has 206 valence electrons. The van der Waals surface area contributed by atoms with Gasteiger partial charge < -0.3 is 4.42 Å². The Bertz CT molecular complexity index is 1220. The molecule has 11 heteroatoms. The smallest absolute Gasteiger partial charge is 0.460 e. The third-order valence-electron chi connectivity index (χ3n) is 6.84. The predicted octanol–water partition coefficient (Wildman–Crippen LogP) is 1.35. The summed E-state index contributed by atoms with van der Waals surface area (Å²) in [6.07, 6.45) is 4.68. The number of carboxylic acids is 1. The molecule has 0 bridgehead atoms. The van der Waals surface area contributed by atoms with Gasteiger partial charge in [0.2, 0.25) is 0 Å². The van der Waals surface area contributed by atoms with E-state index in [1.54, 1.807) is 0 Å². The van der Waals surface area contributed by atoms with Crippen LogP contribution >= 0.6 is 0 Å². The molecule has 0 spiro atoms. The Labute approximate surface area is 231 Å². The molecule has 2 heterocycles. The topological polar surface area (TPSA) is 171 Å². The van der Waals surface area contributed by atoms with Gasteiger partial charge in [-0.05, 0) is 24.5 Å². The van der Waals surface area contributed by atoms with Gasteiger partial charge in [-0.1, -0.05) is 25.1 Å². The van der Waals surface area contributed by atoms with Crippen molar-refractivity contribution >= 4 is 51.4 Å². The molecule has 0 aliphatic carbocycles. The number of carboxylic acid groups (broad SMARTS) is 1. The number of para-hydroxylation sites is 1. The summed E-state index contributed by atoms with van der Waals surface area (Å²) in [7, 11) is 0. The second kappa shape index (κ2) is 13.6. The SMILES string of the molecule is CCc1cccc2c(C)c(CC(NC(=O)CCCCNC(=O)C([AsH2])CC3=CCNC3C(=N)N)C(=O)O)oc12. The van der Waals surface area contributed by atoms with Crippen LogP contribution in [0.25, 0.3) is 11.0 Å². The van der Waals surface area contributed by atoms with E-state index in [0.29, 0.717) is 38.1 Å². The zero-order valence-corrected chi connectivity index (χ0v) is 24.4. The molecule has 0 radical (unpaired) electrons. The first-order valence-electron chi connectivity index (χ1n) is 12.9. The van der Waals surface area contributed by atoms with Crippen LogP contribution in [0.1, 0.15) is 49.5 Å². The van der Waals surface area contributed by atoms with Crippen LogP contribution in [0.15, 0.2) is 34.3 Å². The first-order chi connectivity index (χ1) is 18.1. The van der Waals surface area contributed by atoms with Crippen LogP contribution < -0.4 is 21.7 Å². The monoisotopic (exact) mass is 587 g/mol. The van der Waals surface area contributed by atoms with Crippen molar-refractivity contribution in [2.24, 2.45) is 5.73 Å². The Kier molecular flexibility index (Phi) is 10.6. The fourth-order valence-electron chi connectivity index (χ4n) is 4.64. The van der Waals surface area contributed by atoms with E-state index in [9.17, 15) is 19.5 Å². The molecule has 0 saturated carbocycles. The van der Waals surface area contributed by atoms with Gasteiger partial charge in [-0.15, -0.1) is 0 Å². The van der Waals surface area contributed by atoms with Crippen LogP contribution in [-0.2, 0) is 27.2 Å². The van der Waals surface area contributed by atoms with Gasteiger partial charge in [-0.3, -0.25) is 0 Å². The number of aryl methyl sites for hydroxylation is 2. The van der Waals surface area contributed by atoms with Crippen molar-refractivity contribution in [3.63, 3.8) is 0 Å². The molecule has 1 aromatic carbocycles. The van der Waals surface area contributed by atoms with E-state index in [1.807, 2.05) is 38.1 Å². The summed E-state index contributed by atoms with van der Waals surface area (Å²) in [5.41, 5.74) is 9.29. The molecule has 2 amide bonds. The summed E-state index contributed by atoms with van der Waals surface area (Å²) in [6, 6.07) is 4.52. The maximum atomic E-state index is 12.5. The van der Waals surface area contributed by atoms with E-state index in [0.717, 1.165) is 34.1 Å². The average molecular weight is 588 g/mol. The van der Waals surface area contributed by atoms with Crippen LogP contribution in [0, 0.1) is 12.3 Å². The molecular formula is C27H38AsN5O5. The standard InChI is InChI=1S/C27H38AsN5O5/c1-3-16-7-6-8-18-15(2)21(38-24(16)18)14-20(27(36)37)33-22(34)9-4-5-11-32-26(35)19(28)13-17-10-12-31-23(17)25(29)30/h6-8,10,19-20,23,31H,3-5,9,11-14,28H2,1-2H3,(H3,29,30)(H,32,35)(H,33,34)(H,36,37). The van der Waals surface area contributed by atoms with E-state index in [2.05, 4.69) is 16.0 Å². The summed E-state index contributed by atoms with van der Waals surface area (Å²) in [5.74, 6) is -0.916. The number of furan rings is 1. The predicted molar refractivity (Wildman–Crippen MR) is 149 cm³/mol. The van der Waals surface area contributed by atoms with Crippen molar-refractivity contribution in [3.8, 4) is 0 Å². The Hall–Kier alpha value is -3.10. The van der Waals surface area contributed by atoms with Crippen molar-refractivity contribution in [1.29, 1.82) is 5.41 Å². The Morgan fingerprint density at radius 1 is 1.29 bits per heavy atom. The number of carbonyl (C=O) groups excluding carboxylic acids is 2. The molecule has 0 fully saturated rings. The number of amidine groups is 1. The molecule has 1 aliphatic heterocycles. The number of aliphatic carboxylic acids is 1. The van der Waals surface area contributed by atoms with Crippen molar-refractivity contribution in [3.05, 3.63) is 46.7 Å². The quantitative estimate of drug-likeness (QED) is 0.0637. The van der Waals surface area contributed by atoms with Gasteiger partial charge in [0.15, 0.2) is 0 Å². The first-order valence-corrected chi connectivity index (χ1v) is 14.3. The number of hydrogen-bond donors (Lipinski definition) is 6. The molecule has 7 N–H and O–H groups in total. The summed E-state index contributed by atoms with van der Waals surface area (Å²) >= 11 is 1.31. The fraction of sp³-hybridized carbons (Fsp3) is 0.481. The Morgan fingerprint density at radius 2 is 2.05 bits per heavy atom. The van der Waals surface area contributed by atoms with Gasteiger partial charge in [0, 0.05) is 5.39 Å². The first kappa shape index (κ1) is 29.5. The minimum atomic E-state index is -1.11. The number of fused-ring (bicyclic) bond motifs is 1. The molecule has 1 aliphatic rings. The fourth-order valence-corrected chi connectivity index (χ4v) is 5.46. The molecule has 38 heavy (non-hydrogen) atoms. The van der Waals surface area contributed by atoms with Gasteiger partial charge in [0.05, 0.1) is 0 Å². The van der Waals surface area contributed by atoms with Gasteiger partial charge in [-0.25, -0.2) is 0 Å². The van der Waals surface area contributed by atoms with E-state index < -0.39 is 12.0 Å². The minimum absolute atomic E-state index is 0.0515. The summed E-state index contributed by atoms with van der Waals surface area (Å²) in [4.78, 5) is 36.8. The number of hydrogen-bond acceptors (Lipinski definition) is 6. The summed E-state index contributed by atoms with van der Waals surface area (Å²) in [5, 5.41) is 26.9. The zero-order valence-electron chi connectivity index (χ0n) is 21.9. The van der Waals surface area contributed by atoms with Crippen molar-refractivity contribution in [2.75, 3.05) is 13.1 Å². The van der Waals surface area contributed by atoms with Gasteiger partial charge in [0.1, 0.15) is 5.58 Å². The van der Waals surface area contributed by atoms with E-state index in [1.165, 1.54) is 16.9 Å². The van der Waals surface area contributed by atoms with Crippen LogP contribution in [0.4, 0.5) is 0 Å². The van der Waals surface area contributed by atoms with E-state index in [4.69, 9.17) is 15.6 Å². The molecule has 4 atom stereocenters. The number of benzene rings is 1. The Morgan fingerprint density at radius 3 is 2.74 bits per heavy atom. The molecule has 2 aromatic rings. The third kappa shape index (κ3) is 7.48. The Balaban J connectivity index is 1.42. The second-order valence-electron chi connectivity index (χ2n) is 9.59. The molecule has 10 nitrogen and oxygen atoms in total.